The van der Waals surface area contributed by atoms with Crippen molar-refractivity contribution in [2.24, 2.45) is 0 Å². The molecule has 0 amide bonds. The first kappa shape index (κ1) is 11.1. The molecule has 0 saturated heterocycles. The van der Waals surface area contributed by atoms with Gasteiger partial charge >= 0.3 is 0 Å². The Morgan fingerprint density at radius 2 is 1.93 bits per heavy atom. The first-order valence-corrected chi connectivity index (χ1v) is 4.47. The van der Waals surface area contributed by atoms with Crippen molar-refractivity contribution in [1.29, 1.82) is 5.26 Å². The van der Waals surface area contributed by atoms with E-state index < -0.39 is 12.6 Å². The normalized spacial score (nSPS) is 12.6. The molecule has 0 radical (unpaired) electrons. The minimum atomic E-state index is -3.05. The summed E-state index contributed by atoms with van der Waals surface area (Å²) in [5, 5.41) is 8.54. The van der Waals surface area contributed by atoms with Crippen LogP contribution in [0.15, 0.2) is 22.7 Å². The number of nitrogens with zero attached hydrogens (tertiary/aromatic N) is 1. The Morgan fingerprint density at radius 1 is 1.29 bits per heavy atom. The van der Waals surface area contributed by atoms with E-state index in [0.717, 1.165) is 0 Å². The van der Waals surface area contributed by atoms with Crippen LogP contribution in [-0.4, -0.2) is 6.43 Å². The van der Waals surface area contributed by atoms with E-state index in [9.17, 15) is 13.2 Å². The van der Waals surface area contributed by atoms with Crippen molar-refractivity contribution in [3.63, 3.8) is 0 Å². The zero-order valence-corrected chi connectivity index (χ0v) is 8.43. The molecule has 0 aromatic heterocycles. The molecule has 0 N–H and O–H groups in total. The lowest BCUT2D eigenvalue weighted by molar-refractivity contribution is 0.0495. The fourth-order valence-corrected chi connectivity index (χ4v) is 1.42. The van der Waals surface area contributed by atoms with Crippen LogP contribution in [0.5, 0.6) is 0 Å². The third-order valence-electron chi connectivity index (χ3n) is 1.65. The van der Waals surface area contributed by atoms with Crippen LogP contribution in [-0.2, 0) is 0 Å². The van der Waals surface area contributed by atoms with E-state index >= 15 is 0 Å². The zero-order valence-electron chi connectivity index (χ0n) is 6.85. The molecule has 1 rings (SSSR count). The van der Waals surface area contributed by atoms with Crippen LogP contribution in [0.2, 0.25) is 0 Å². The van der Waals surface area contributed by atoms with Gasteiger partial charge in [0.25, 0.3) is 6.43 Å². The standard InChI is InChI=1S/C9H5BrF3N/c10-7-3-5(8(11)9(12)13)1-2-6(7)4-14/h1-3,8-9H. The predicted molar refractivity (Wildman–Crippen MR) is 48.7 cm³/mol. The number of nitriles is 1. The number of alkyl halides is 3. The summed E-state index contributed by atoms with van der Waals surface area (Å²) in [6.07, 6.45) is -5.35. The number of hydrogen-bond donors (Lipinski definition) is 0. The van der Waals surface area contributed by atoms with Gasteiger partial charge in [-0.3, -0.25) is 0 Å². The average molecular weight is 264 g/mol. The van der Waals surface area contributed by atoms with Crippen LogP contribution >= 0.6 is 15.9 Å². The van der Waals surface area contributed by atoms with Crippen LogP contribution in [0, 0.1) is 11.3 Å². The van der Waals surface area contributed by atoms with Crippen molar-refractivity contribution in [3.8, 4) is 6.07 Å². The highest BCUT2D eigenvalue weighted by molar-refractivity contribution is 9.10. The molecular weight excluding hydrogens is 259 g/mol. The van der Waals surface area contributed by atoms with Gasteiger partial charge in [-0.15, -0.1) is 0 Å². The third-order valence-corrected chi connectivity index (χ3v) is 2.31. The molecule has 0 fully saturated rings. The topological polar surface area (TPSA) is 23.8 Å². The van der Waals surface area contributed by atoms with Gasteiger partial charge in [0.1, 0.15) is 6.07 Å². The van der Waals surface area contributed by atoms with Crippen LogP contribution in [0.3, 0.4) is 0 Å². The van der Waals surface area contributed by atoms with Crippen LogP contribution < -0.4 is 0 Å². The average Bonchev–Trinajstić information content (AvgIpc) is 2.16. The zero-order chi connectivity index (χ0) is 10.7. The Hall–Kier alpha value is -1.02. The first-order chi connectivity index (χ1) is 6.56. The van der Waals surface area contributed by atoms with Crippen LogP contribution in [0.4, 0.5) is 13.2 Å². The van der Waals surface area contributed by atoms with Crippen molar-refractivity contribution in [2.45, 2.75) is 12.6 Å². The quantitative estimate of drug-likeness (QED) is 0.800. The van der Waals surface area contributed by atoms with Crippen molar-refractivity contribution in [2.75, 3.05) is 0 Å². The fourth-order valence-electron chi connectivity index (χ4n) is 0.939. The highest BCUT2D eigenvalue weighted by Crippen LogP contribution is 2.28. The molecule has 0 saturated carbocycles. The van der Waals surface area contributed by atoms with Gasteiger partial charge in [-0.05, 0) is 33.6 Å². The molecule has 0 aliphatic rings. The molecule has 1 nitrogen and oxygen atoms in total. The van der Waals surface area contributed by atoms with Crippen LogP contribution in [0.25, 0.3) is 0 Å². The second-order valence-electron chi connectivity index (χ2n) is 2.59. The number of halogens is 4. The van der Waals surface area contributed by atoms with Crippen molar-refractivity contribution >= 4 is 15.9 Å². The number of benzene rings is 1. The second-order valence-corrected chi connectivity index (χ2v) is 3.44. The minimum Gasteiger partial charge on any atom is -0.236 e. The predicted octanol–water partition coefficient (Wildman–Crippen LogP) is 3.60. The summed E-state index contributed by atoms with van der Waals surface area (Å²) in [5.74, 6) is 0. The maximum Gasteiger partial charge on any atom is 0.273 e. The summed E-state index contributed by atoms with van der Waals surface area (Å²) in [4.78, 5) is 0. The Kier molecular flexibility index (Phi) is 3.53. The lowest BCUT2D eigenvalue weighted by Crippen LogP contribution is -2.03. The summed E-state index contributed by atoms with van der Waals surface area (Å²) in [6, 6.07) is 5.50. The molecule has 74 valence electrons. The highest BCUT2D eigenvalue weighted by atomic mass is 79.9. The lowest BCUT2D eigenvalue weighted by Gasteiger charge is -2.07. The van der Waals surface area contributed by atoms with E-state index in [1.54, 1.807) is 0 Å². The van der Waals surface area contributed by atoms with E-state index in [1.165, 1.54) is 18.2 Å². The molecule has 1 aromatic carbocycles. The Bertz CT molecular complexity index is 373. The molecule has 5 heteroatoms. The van der Waals surface area contributed by atoms with E-state index in [1.807, 2.05) is 6.07 Å². The third kappa shape index (κ3) is 2.26. The van der Waals surface area contributed by atoms with Crippen LogP contribution in [0.1, 0.15) is 17.3 Å². The molecule has 0 bridgehead atoms. The summed E-state index contributed by atoms with van der Waals surface area (Å²) in [5.41, 5.74) is 0.154. The van der Waals surface area contributed by atoms with Gasteiger partial charge < -0.3 is 0 Å². The Morgan fingerprint density at radius 3 is 2.36 bits per heavy atom. The van der Waals surface area contributed by atoms with Gasteiger partial charge in [0.05, 0.1) is 5.56 Å². The smallest absolute Gasteiger partial charge is 0.236 e. The molecule has 1 unspecified atom stereocenters. The molecule has 14 heavy (non-hydrogen) atoms. The number of hydrogen-bond acceptors (Lipinski definition) is 1. The monoisotopic (exact) mass is 263 g/mol. The lowest BCUT2D eigenvalue weighted by atomic mass is 10.1. The fraction of sp³-hybridized carbons (Fsp3) is 0.222. The van der Waals surface area contributed by atoms with E-state index in [2.05, 4.69) is 15.9 Å². The van der Waals surface area contributed by atoms with Crippen molar-refractivity contribution in [1.82, 2.24) is 0 Å². The van der Waals surface area contributed by atoms with Gasteiger partial charge in [0, 0.05) is 4.47 Å². The van der Waals surface area contributed by atoms with E-state index in [0.29, 0.717) is 4.47 Å². The summed E-state index contributed by atoms with van der Waals surface area (Å²) in [7, 11) is 0. The summed E-state index contributed by atoms with van der Waals surface area (Å²) in [6.45, 7) is 0. The van der Waals surface area contributed by atoms with E-state index in [4.69, 9.17) is 5.26 Å². The minimum absolute atomic E-state index is 0.133. The SMILES string of the molecule is N#Cc1ccc(C(F)C(F)F)cc1Br. The van der Waals surface area contributed by atoms with Crippen molar-refractivity contribution < 1.29 is 13.2 Å². The molecule has 0 aliphatic carbocycles. The second kappa shape index (κ2) is 4.47. The maximum atomic E-state index is 12.8. The molecule has 0 heterocycles. The summed E-state index contributed by atoms with van der Waals surface area (Å²) < 4.78 is 37.1. The molecule has 1 aromatic rings. The molecule has 0 spiro atoms. The van der Waals surface area contributed by atoms with Gasteiger partial charge in [0.2, 0.25) is 0 Å². The van der Waals surface area contributed by atoms with Gasteiger partial charge in [-0.1, -0.05) is 6.07 Å². The largest absolute Gasteiger partial charge is 0.273 e. The molecule has 0 aliphatic heterocycles. The van der Waals surface area contributed by atoms with Gasteiger partial charge in [0.15, 0.2) is 6.17 Å². The molecular formula is C9H5BrF3N. The van der Waals surface area contributed by atoms with Gasteiger partial charge in [-0.25, -0.2) is 13.2 Å². The molecule has 1 atom stereocenters. The van der Waals surface area contributed by atoms with Crippen molar-refractivity contribution in [3.05, 3.63) is 33.8 Å². The maximum absolute atomic E-state index is 12.8. The highest BCUT2D eigenvalue weighted by Gasteiger charge is 2.21. The van der Waals surface area contributed by atoms with Gasteiger partial charge in [-0.2, -0.15) is 5.26 Å². The van der Waals surface area contributed by atoms with E-state index in [-0.39, 0.29) is 11.1 Å². The number of rotatable bonds is 2. The summed E-state index contributed by atoms with van der Waals surface area (Å²) >= 11 is 2.99. The Balaban J connectivity index is 3.04. The first-order valence-electron chi connectivity index (χ1n) is 3.68. The Labute approximate surface area is 87.3 Å².